The lowest BCUT2D eigenvalue weighted by atomic mass is 9.86. The van der Waals surface area contributed by atoms with Crippen molar-refractivity contribution in [3.05, 3.63) is 106 Å². The number of nitrogens with two attached hydrogens (primary N) is 1. The highest BCUT2D eigenvalue weighted by molar-refractivity contribution is 5.94. The number of nitrogens with zero attached hydrogens (tertiary/aromatic N) is 3. The summed E-state index contributed by atoms with van der Waals surface area (Å²) in [4.78, 5) is 29.6. The van der Waals surface area contributed by atoms with Crippen molar-refractivity contribution >= 4 is 11.8 Å². The van der Waals surface area contributed by atoms with E-state index in [0.29, 0.717) is 42.1 Å². The molecule has 2 heterocycles. The zero-order valence-electron chi connectivity index (χ0n) is 23.4. The van der Waals surface area contributed by atoms with Crippen LogP contribution in [0.5, 0.6) is 0 Å². The van der Waals surface area contributed by atoms with E-state index in [4.69, 9.17) is 5.73 Å². The maximum absolute atomic E-state index is 14.2. The molecule has 1 aliphatic carbocycles. The summed E-state index contributed by atoms with van der Waals surface area (Å²) in [7, 11) is 0. The Balaban J connectivity index is 1.53. The van der Waals surface area contributed by atoms with Gasteiger partial charge in [0.25, 0.3) is 5.91 Å². The predicted octanol–water partition coefficient (Wildman–Crippen LogP) is 6.02. The molecule has 1 unspecified atom stereocenters. The molecule has 0 fully saturated rings. The average molecular weight is 616 g/mol. The van der Waals surface area contributed by atoms with E-state index in [-0.39, 0.29) is 34.7 Å². The summed E-state index contributed by atoms with van der Waals surface area (Å²) in [6.07, 6.45) is -1.96. The number of carbonyl (C=O) groups is 2. The molecule has 0 saturated carbocycles. The molecule has 4 aromatic rings. The molecule has 44 heavy (non-hydrogen) atoms. The van der Waals surface area contributed by atoms with Gasteiger partial charge < -0.3 is 11.1 Å². The number of aromatic nitrogens is 3. The minimum Gasteiger partial charge on any atom is -0.366 e. The Morgan fingerprint density at radius 2 is 1.82 bits per heavy atom. The third kappa shape index (κ3) is 6.46. The van der Waals surface area contributed by atoms with Gasteiger partial charge in [-0.05, 0) is 73.1 Å². The first-order valence-corrected chi connectivity index (χ1v) is 13.8. The van der Waals surface area contributed by atoms with Crippen molar-refractivity contribution in [1.82, 2.24) is 20.1 Å². The van der Waals surface area contributed by atoms with Crippen molar-refractivity contribution in [3.63, 3.8) is 0 Å². The zero-order valence-corrected chi connectivity index (χ0v) is 23.4. The smallest absolute Gasteiger partial charge is 0.366 e. The second-order valence-electron chi connectivity index (χ2n) is 10.8. The molecule has 230 valence electrons. The molecule has 0 bridgehead atoms. The largest absolute Gasteiger partial charge is 0.435 e. The van der Waals surface area contributed by atoms with Crippen LogP contribution in [0.2, 0.25) is 0 Å². The summed E-state index contributed by atoms with van der Waals surface area (Å²) in [5.74, 6) is -4.68. The normalized spacial score (nSPS) is 15.5. The van der Waals surface area contributed by atoms with Crippen molar-refractivity contribution in [2.75, 3.05) is 0 Å². The van der Waals surface area contributed by atoms with E-state index < -0.39 is 53.7 Å². The summed E-state index contributed by atoms with van der Waals surface area (Å²) >= 11 is 0. The van der Waals surface area contributed by atoms with E-state index in [2.05, 4.69) is 15.4 Å². The first-order chi connectivity index (χ1) is 20.8. The summed E-state index contributed by atoms with van der Waals surface area (Å²) in [5.41, 5.74) is 5.34. The highest BCUT2D eigenvalue weighted by atomic mass is 19.4. The molecule has 3 N–H and O–H groups in total. The molecule has 0 saturated heterocycles. The maximum atomic E-state index is 14.2. The van der Waals surface area contributed by atoms with Crippen LogP contribution in [0.25, 0.3) is 11.1 Å². The van der Waals surface area contributed by atoms with E-state index >= 15 is 0 Å². The number of rotatable bonds is 8. The molecular weight excluding hydrogens is 588 g/mol. The average Bonchev–Trinajstić information content (AvgIpc) is 3.32. The first-order valence-electron chi connectivity index (χ1n) is 13.8. The fourth-order valence-electron chi connectivity index (χ4n) is 5.73. The summed E-state index contributed by atoms with van der Waals surface area (Å²) in [6.45, 7) is 1.14. The number of hydrogen-bond acceptors (Lipinski definition) is 4. The number of nitrogens with one attached hydrogen (secondary N) is 1. The molecule has 13 heteroatoms. The van der Waals surface area contributed by atoms with Gasteiger partial charge in [0.15, 0.2) is 5.69 Å². The highest BCUT2D eigenvalue weighted by Crippen LogP contribution is 2.41. The van der Waals surface area contributed by atoms with Gasteiger partial charge in [0, 0.05) is 29.1 Å². The van der Waals surface area contributed by atoms with Gasteiger partial charge in [-0.15, -0.1) is 0 Å². The number of primary amides is 1. The predicted molar refractivity (Wildman–Crippen MR) is 148 cm³/mol. The molecule has 7 nitrogen and oxygen atoms in total. The van der Waals surface area contributed by atoms with Gasteiger partial charge >= 0.3 is 6.18 Å². The van der Waals surface area contributed by atoms with Crippen molar-refractivity contribution in [3.8, 4) is 11.1 Å². The van der Waals surface area contributed by atoms with Crippen LogP contribution < -0.4 is 11.1 Å². The number of benzene rings is 2. The Hall–Kier alpha value is -4.68. The van der Waals surface area contributed by atoms with Crippen molar-refractivity contribution in [1.29, 1.82) is 0 Å². The molecule has 0 aliphatic heterocycles. The van der Waals surface area contributed by atoms with Crippen LogP contribution in [0.15, 0.2) is 54.7 Å². The van der Waals surface area contributed by atoms with E-state index in [9.17, 15) is 35.9 Å². The van der Waals surface area contributed by atoms with Crippen LogP contribution in [0, 0.1) is 17.5 Å². The molecular formula is C31H27F6N5O2. The van der Waals surface area contributed by atoms with Gasteiger partial charge in [0.05, 0.1) is 17.3 Å². The number of amides is 2. The van der Waals surface area contributed by atoms with Gasteiger partial charge in [-0.1, -0.05) is 19.1 Å². The van der Waals surface area contributed by atoms with Crippen LogP contribution in [-0.2, 0) is 30.4 Å². The van der Waals surface area contributed by atoms with Gasteiger partial charge in [0.1, 0.15) is 24.0 Å². The topological polar surface area (TPSA) is 103 Å². The number of halogens is 6. The lowest BCUT2D eigenvalue weighted by molar-refractivity contribution is -0.142. The lowest BCUT2D eigenvalue weighted by Gasteiger charge is -2.23. The Morgan fingerprint density at radius 3 is 2.50 bits per heavy atom. The third-order valence-corrected chi connectivity index (χ3v) is 7.61. The molecule has 2 amide bonds. The Kier molecular flexibility index (Phi) is 8.49. The molecule has 0 spiro atoms. The second kappa shape index (κ2) is 12.1. The first kappa shape index (κ1) is 30.8. The number of fused-ring (bicyclic) bond motifs is 1. The van der Waals surface area contributed by atoms with Crippen molar-refractivity contribution in [2.24, 2.45) is 5.73 Å². The quantitative estimate of drug-likeness (QED) is 0.237. The van der Waals surface area contributed by atoms with Crippen LogP contribution >= 0.6 is 0 Å². The Labute approximate surface area is 248 Å². The van der Waals surface area contributed by atoms with Crippen LogP contribution in [0.4, 0.5) is 26.3 Å². The summed E-state index contributed by atoms with van der Waals surface area (Å²) in [5, 5.41) is 6.52. The molecule has 2 atom stereocenters. The van der Waals surface area contributed by atoms with Gasteiger partial charge in [-0.25, -0.2) is 13.2 Å². The minimum absolute atomic E-state index is 0.0805. The minimum atomic E-state index is -4.71. The number of pyridine rings is 1. The molecule has 2 aromatic heterocycles. The van der Waals surface area contributed by atoms with Gasteiger partial charge in [0.2, 0.25) is 5.91 Å². The SMILES string of the molecule is CC1CCCc2c1c(C(F)(F)F)nn2CC(=O)N[C@@H](Cc1cc(F)cc(F)c1)c1ncccc1-c1ccc(F)c(C(N)=O)c1. The second-order valence-corrected chi connectivity index (χ2v) is 10.8. The van der Waals surface area contributed by atoms with E-state index in [0.717, 1.165) is 22.9 Å². The standard InChI is InChI=1S/C31H27F6N5O2/c1-16-4-2-6-25-27(16)29(31(35,36)37)41-42(25)15-26(43)40-24(12-17-10-19(32)14-20(33)11-17)28-21(5-3-9-39-28)18-7-8-23(34)22(13-18)30(38)44/h3,5,7-11,13-14,16,24H,2,4,6,12,15H2,1H3,(H2,38,44)(H,40,43)/t16?,24-/m0/s1. The zero-order chi connectivity index (χ0) is 31.8. The third-order valence-electron chi connectivity index (χ3n) is 7.61. The number of hydrogen-bond donors (Lipinski definition) is 2. The molecule has 0 radical (unpaired) electrons. The van der Waals surface area contributed by atoms with Gasteiger partial charge in [-0.2, -0.15) is 18.3 Å². The Morgan fingerprint density at radius 1 is 1.09 bits per heavy atom. The summed E-state index contributed by atoms with van der Waals surface area (Å²) < 4.78 is 85.0. The number of alkyl halides is 3. The monoisotopic (exact) mass is 615 g/mol. The fraction of sp³-hybridized carbons (Fsp3) is 0.290. The maximum Gasteiger partial charge on any atom is 0.435 e. The summed E-state index contributed by atoms with van der Waals surface area (Å²) in [6, 6.07) is 8.57. The van der Waals surface area contributed by atoms with E-state index in [1.54, 1.807) is 19.1 Å². The fourth-order valence-corrected chi connectivity index (χ4v) is 5.73. The Bertz CT molecular complexity index is 1710. The van der Waals surface area contributed by atoms with Crippen LogP contribution in [-0.4, -0.2) is 26.6 Å². The number of carbonyl (C=O) groups excluding carboxylic acids is 2. The molecule has 2 aromatic carbocycles. The van der Waals surface area contributed by atoms with Crippen molar-refractivity contribution < 1.29 is 35.9 Å². The van der Waals surface area contributed by atoms with E-state index in [1.165, 1.54) is 18.3 Å². The van der Waals surface area contributed by atoms with E-state index in [1.807, 2.05) is 0 Å². The van der Waals surface area contributed by atoms with Gasteiger partial charge in [-0.3, -0.25) is 19.3 Å². The molecule has 1 aliphatic rings. The van der Waals surface area contributed by atoms with Crippen molar-refractivity contribution in [2.45, 2.75) is 57.3 Å². The highest BCUT2D eigenvalue weighted by Gasteiger charge is 2.41. The lowest BCUT2D eigenvalue weighted by Crippen LogP contribution is -2.34. The molecule has 5 rings (SSSR count). The van der Waals surface area contributed by atoms with Crippen LogP contribution in [0.3, 0.4) is 0 Å². The van der Waals surface area contributed by atoms with Crippen LogP contribution in [0.1, 0.15) is 70.3 Å².